The molecule has 7 nitrogen and oxygen atoms in total. The predicted molar refractivity (Wildman–Crippen MR) is 110 cm³/mol. The van der Waals surface area contributed by atoms with Gasteiger partial charge in [0, 0.05) is 25.0 Å². The van der Waals surface area contributed by atoms with Crippen LogP contribution in [0.25, 0.3) is 5.88 Å². The van der Waals surface area contributed by atoms with Gasteiger partial charge in [-0.15, -0.1) is 0 Å². The molecule has 0 saturated heterocycles. The number of amides is 1. The van der Waals surface area contributed by atoms with Gasteiger partial charge in [-0.1, -0.05) is 30.3 Å². The molecular formula is C23H23N3O4. The van der Waals surface area contributed by atoms with Gasteiger partial charge in [-0.2, -0.15) is 5.26 Å². The second-order valence-corrected chi connectivity index (χ2v) is 7.09. The van der Waals surface area contributed by atoms with Crippen molar-refractivity contribution in [1.82, 2.24) is 9.47 Å². The highest BCUT2D eigenvalue weighted by Crippen LogP contribution is 2.26. The number of esters is 1. The third-order valence-electron chi connectivity index (χ3n) is 4.69. The standard InChI is InChI=1S/C23H23N3O4/c1-16(2)26(14-18-9-5-4-6-10-18)20(27)15-29-23(28)21-17(3)30-22(19(21)13-24)25-11-7-8-12-25/h4-12,16H,14-15H2,1-3H3. The highest BCUT2D eigenvalue weighted by atomic mass is 16.5. The largest absolute Gasteiger partial charge is 0.452 e. The minimum atomic E-state index is -0.761. The van der Waals surface area contributed by atoms with E-state index in [0.717, 1.165) is 5.56 Å². The molecule has 0 unspecified atom stereocenters. The van der Waals surface area contributed by atoms with E-state index in [1.54, 1.807) is 40.9 Å². The van der Waals surface area contributed by atoms with Crippen molar-refractivity contribution in [2.45, 2.75) is 33.4 Å². The van der Waals surface area contributed by atoms with Gasteiger partial charge in [-0.05, 0) is 38.5 Å². The zero-order valence-electron chi connectivity index (χ0n) is 17.2. The molecule has 0 radical (unpaired) electrons. The van der Waals surface area contributed by atoms with Gasteiger partial charge in [0.15, 0.2) is 6.61 Å². The Morgan fingerprint density at radius 2 is 1.83 bits per heavy atom. The second-order valence-electron chi connectivity index (χ2n) is 7.09. The Morgan fingerprint density at radius 3 is 2.43 bits per heavy atom. The van der Waals surface area contributed by atoms with E-state index in [1.165, 1.54) is 0 Å². The van der Waals surface area contributed by atoms with E-state index in [1.807, 2.05) is 50.2 Å². The fraction of sp³-hybridized carbons (Fsp3) is 0.261. The quantitative estimate of drug-likeness (QED) is 0.557. The van der Waals surface area contributed by atoms with E-state index in [-0.39, 0.29) is 34.7 Å². The number of carbonyl (C=O) groups excluding carboxylic acids is 2. The van der Waals surface area contributed by atoms with Crippen LogP contribution in [0.2, 0.25) is 0 Å². The number of furan rings is 1. The van der Waals surface area contributed by atoms with Crippen molar-refractivity contribution in [3.63, 3.8) is 0 Å². The highest BCUT2D eigenvalue weighted by Gasteiger charge is 2.27. The molecule has 2 heterocycles. The summed E-state index contributed by atoms with van der Waals surface area (Å²) in [6.45, 7) is 5.39. The lowest BCUT2D eigenvalue weighted by atomic mass is 10.1. The molecule has 0 saturated carbocycles. The summed E-state index contributed by atoms with van der Waals surface area (Å²) in [5, 5.41) is 9.56. The van der Waals surface area contributed by atoms with Crippen LogP contribution in [0.4, 0.5) is 0 Å². The molecule has 0 aliphatic rings. The Hall–Kier alpha value is -3.79. The number of rotatable bonds is 7. The van der Waals surface area contributed by atoms with Crippen molar-refractivity contribution in [3.05, 3.63) is 77.3 Å². The van der Waals surface area contributed by atoms with E-state index >= 15 is 0 Å². The summed E-state index contributed by atoms with van der Waals surface area (Å²) < 4.78 is 12.5. The first-order chi connectivity index (χ1) is 14.4. The van der Waals surface area contributed by atoms with E-state index < -0.39 is 12.6 Å². The number of carbonyl (C=O) groups is 2. The molecule has 2 aromatic heterocycles. The first-order valence-corrected chi connectivity index (χ1v) is 9.59. The Labute approximate surface area is 175 Å². The Bertz CT molecular complexity index is 1060. The monoisotopic (exact) mass is 405 g/mol. The van der Waals surface area contributed by atoms with Gasteiger partial charge in [0.25, 0.3) is 5.91 Å². The Morgan fingerprint density at radius 1 is 1.17 bits per heavy atom. The molecule has 0 aliphatic carbocycles. The fourth-order valence-corrected chi connectivity index (χ4v) is 3.15. The number of ether oxygens (including phenoxy) is 1. The first-order valence-electron chi connectivity index (χ1n) is 9.59. The van der Waals surface area contributed by atoms with Gasteiger partial charge in [0.2, 0.25) is 5.88 Å². The molecule has 0 N–H and O–H groups in total. The van der Waals surface area contributed by atoms with Gasteiger partial charge in [-0.25, -0.2) is 4.79 Å². The lowest BCUT2D eigenvalue weighted by Gasteiger charge is -2.26. The normalized spacial score (nSPS) is 10.6. The molecule has 154 valence electrons. The maximum absolute atomic E-state index is 12.7. The number of hydrogen-bond acceptors (Lipinski definition) is 5. The molecule has 1 amide bonds. The van der Waals surface area contributed by atoms with Crippen molar-refractivity contribution in [1.29, 1.82) is 5.26 Å². The number of benzene rings is 1. The van der Waals surface area contributed by atoms with Crippen molar-refractivity contribution >= 4 is 11.9 Å². The zero-order valence-corrected chi connectivity index (χ0v) is 17.2. The fourth-order valence-electron chi connectivity index (χ4n) is 3.15. The molecular weight excluding hydrogens is 382 g/mol. The summed E-state index contributed by atoms with van der Waals surface area (Å²) in [4.78, 5) is 27.0. The van der Waals surface area contributed by atoms with Crippen molar-refractivity contribution < 1.29 is 18.7 Å². The molecule has 30 heavy (non-hydrogen) atoms. The van der Waals surface area contributed by atoms with Crippen LogP contribution in [0.15, 0.2) is 59.3 Å². The minimum absolute atomic E-state index is 0.0353. The smallest absolute Gasteiger partial charge is 0.343 e. The zero-order chi connectivity index (χ0) is 21.7. The maximum Gasteiger partial charge on any atom is 0.343 e. The van der Waals surface area contributed by atoms with Crippen LogP contribution in [-0.4, -0.2) is 34.0 Å². The second kappa shape index (κ2) is 9.14. The van der Waals surface area contributed by atoms with E-state index in [0.29, 0.717) is 6.54 Å². The van der Waals surface area contributed by atoms with Gasteiger partial charge in [0.05, 0.1) is 0 Å². The third-order valence-corrected chi connectivity index (χ3v) is 4.69. The van der Waals surface area contributed by atoms with Crippen LogP contribution in [0.5, 0.6) is 0 Å². The van der Waals surface area contributed by atoms with Crippen molar-refractivity contribution in [2.75, 3.05) is 6.61 Å². The van der Waals surface area contributed by atoms with E-state index in [2.05, 4.69) is 0 Å². The molecule has 0 bridgehead atoms. The minimum Gasteiger partial charge on any atom is -0.452 e. The van der Waals surface area contributed by atoms with Crippen LogP contribution in [0, 0.1) is 18.3 Å². The summed E-state index contributed by atoms with van der Waals surface area (Å²) in [6, 6.07) is 15.1. The topological polar surface area (TPSA) is 88.5 Å². The number of aromatic nitrogens is 1. The molecule has 0 atom stereocenters. The number of hydrogen-bond donors (Lipinski definition) is 0. The molecule has 1 aromatic carbocycles. The van der Waals surface area contributed by atoms with Crippen LogP contribution >= 0.6 is 0 Å². The Balaban J connectivity index is 1.73. The molecule has 3 rings (SSSR count). The van der Waals surface area contributed by atoms with E-state index in [4.69, 9.17) is 9.15 Å². The number of nitrogens with zero attached hydrogens (tertiary/aromatic N) is 3. The summed E-state index contributed by atoms with van der Waals surface area (Å²) in [6.07, 6.45) is 3.42. The van der Waals surface area contributed by atoms with Crippen LogP contribution in [0.1, 0.15) is 41.1 Å². The molecule has 0 fully saturated rings. The average molecular weight is 405 g/mol. The SMILES string of the molecule is Cc1oc(-n2cccc2)c(C#N)c1C(=O)OCC(=O)N(Cc1ccccc1)C(C)C. The summed E-state index contributed by atoms with van der Waals surface area (Å²) in [5.74, 6) is -0.570. The lowest BCUT2D eigenvalue weighted by Crippen LogP contribution is -2.39. The van der Waals surface area contributed by atoms with Gasteiger partial charge in [-0.3, -0.25) is 9.36 Å². The summed E-state index contributed by atoms with van der Waals surface area (Å²) in [7, 11) is 0. The van der Waals surface area contributed by atoms with E-state index in [9.17, 15) is 14.9 Å². The molecule has 0 spiro atoms. The highest BCUT2D eigenvalue weighted by molar-refractivity contribution is 5.95. The predicted octanol–water partition coefficient (Wildman–Crippen LogP) is 3.84. The van der Waals surface area contributed by atoms with Crippen LogP contribution in [0.3, 0.4) is 0 Å². The summed E-state index contributed by atoms with van der Waals surface area (Å²) in [5.41, 5.74) is 1.10. The number of aryl methyl sites for hydroxylation is 1. The Kier molecular flexibility index (Phi) is 6.38. The van der Waals surface area contributed by atoms with Crippen LogP contribution in [-0.2, 0) is 16.1 Å². The van der Waals surface area contributed by atoms with Crippen molar-refractivity contribution in [2.24, 2.45) is 0 Å². The summed E-state index contributed by atoms with van der Waals surface area (Å²) >= 11 is 0. The first kappa shape index (κ1) is 20.9. The van der Waals surface area contributed by atoms with Gasteiger partial charge >= 0.3 is 5.97 Å². The maximum atomic E-state index is 12.7. The van der Waals surface area contributed by atoms with Crippen LogP contribution < -0.4 is 0 Å². The van der Waals surface area contributed by atoms with Gasteiger partial charge in [0.1, 0.15) is 23.0 Å². The lowest BCUT2D eigenvalue weighted by molar-refractivity contribution is -0.136. The van der Waals surface area contributed by atoms with Crippen molar-refractivity contribution in [3.8, 4) is 12.0 Å². The molecule has 3 aromatic rings. The average Bonchev–Trinajstić information content (AvgIpc) is 3.38. The molecule has 0 aliphatic heterocycles. The van der Waals surface area contributed by atoms with Gasteiger partial charge < -0.3 is 14.1 Å². The third kappa shape index (κ3) is 4.44. The number of nitriles is 1. The molecule has 7 heteroatoms.